The van der Waals surface area contributed by atoms with Gasteiger partial charge < -0.3 is 10.6 Å². The van der Waals surface area contributed by atoms with Crippen molar-refractivity contribution >= 4 is 5.71 Å². The molecule has 0 amide bonds. The second kappa shape index (κ2) is 6.66. The molecule has 0 aromatic carbocycles. The van der Waals surface area contributed by atoms with E-state index in [2.05, 4.69) is 16.9 Å². The molecule has 1 aliphatic rings. The Hall–Kier alpha value is -0.830. The summed E-state index contributed by atoms with van der Waals surface area (Å²) >= 11 is 0. The highest BCUT2D eigenvalue weighted by Crippen LogP contribution is 2.10. The maximum absolute atomic E-state index is 5.46. The Balaban J connectivity index is 0.000000671. The molecule has 1 rings (SSSR count). The zero-order chi connectivity index (χ0) is 10.3. The first kappa shape index (κ1) is 12.2. The van der Waals surface area contributed by atoms with Crippen molar-refractivity contribution in [1.82, 2.24) is 4.90 Å². The number of hydrogen-bond donors (Lipinski definition) is 1. The van der Waals surface area contributed by atoms with Crippen LogP contribution in [0, 0.1) is 0 Å². The average molecular weight is 183 g/mol. The molecule has 0 saturated carbocycles. The van der Waals surface area contributed by atoms with Crippen LogP contribution < -0.4 is 5.73 Å². The van der Waals surface area contributed by atoms with Gasteiger partial charge in [-0.3, -0.25) is 4.99 Å². The Kier molecular flexibility index (Phi) is 6.24. The maximum atomic E-state index is 5.46. The topological polar surface area (TPSA) is 41.6 Å². The van der Waals surface area contributed by atoms with Crippen LogP contribution in [0.3, 0.4) is 0 Å². The Morgan fingerprint density at radius 1 is 1.46 bits per heavy atom. The summed E-state index contributed by atoms with van der Waals surface area (Å²) in [6, 6.07) is 0. The molecule has 0 aromatic rings. The lowest BCUT2D eigenvalue weighted by Gasteiger charge is -2.25. The summed E-state index contributed by atoms with van der Waals surface area (Å²) in [6.45, 7) is 6.02. The third-order valence-electron chi connectivity index (χ3n) is 2.01. The van der Waals surface area contributed by atoms with Crippen molar-refractivity contribution in [2.45, 2.75) is 20.3 Å². The molecule has 2 N–H and O–H groups in total. The maximum Gasteiger partial charge on any atom is 0.0416 e. The van der Waals surface area contributed by atoms with Crippen molar-refractivity contribution < 1.29 is 0 Å². The van der Waals surface area contributed by atoms with Gasteiger partial charge in [-0.15, -0.1) is 0 Å². The normalized spacial score (nSPS) is 24.3. The van der Waals surface area contributed by atoms with Gasteiger partial charge in [0.25, 0.3) is 0 Å². The summed E-state index contributed by atoms with van der Waals surface area (Å²) in [5.74, 6) is 0. The zero-order valence-electron chi connectivity index (χ0n) is 9.17. The second-order valence-electron chi connectivity index (χ2n) is 2.85. The first-order chi connectivity index (χ1) is 6.27. The SMILES string of the molecule is CC.CN=C1CCN(C)C/C1=C/N. The molecule has 3 heteroatoms. The van der Waals surface area contributed by atoms with Gasteiger partial charge in [0.1, 0.15) is 0 Å². The molecule has 0 unspecified atom stereocenters. The minimum atomic E-state index is 0.934. The van der Waals surface area contributed by atoms with Crippen molar-refractivity contribution in [3.05, 3.63) is 11.8 Å². The minimum absolute atomic E-state index is 0.934. The van der Waals surface area contributed by atoms with Gasteiger partial charge in [-0.25, -0.2) is 0 Å². The van der Waals surface area contributed by atoms with E-state index in [-0.39, 0.29) is 0 Å². The molecule has 1 heterocycles. The van der Waals surface area contributed by atoms with Gasteiger partial charge in [0.2, 0.25) is 0 Å². The largest absolute Gasteiger partial charge is 0.404 e. The molecule has 0 aliphatic carbocycles. The molecular weight excluding hydrogens is 162 g/mol. The van der Waals surface area contributed by atoms with E-state index in [1.807, 2.05) is 20.9 Å². The number of likely N-dealkylation sites (N-methyl/N-ethyl adjacent to an activating group) is 1. The van der Waals surface area contributed by atoms with E-state index in [9.17, 15) is 0 Å². The van der Waals surface area contributed by atoms with Crippen molar-refractivity contribution in [3.8, 4) is 0 Å². The fourth-order valence-corrected chi connectivity index (χ4v) is 1.32. The van der Waals surface area contributed by atoms with Gasteiger partial charge in [-0.05, 0) is 7.05 Å². The molecule has 0 radical (unpaired) electrons. The zero-order valence-corrected chi connectivity index (χ0v) is 9.17. The Bertz CT molecular complexity index is 194. The molecule has 0 bridgehead atoms. The van der Waals surface area contributed by atoms with E-state index < -0.39 is 0 Å². The van der Waals surface area contributed by atoms with Gasteiger partial charge >= 0.3 is 0 Å². The van der Waals surface area contributed by atoms with E-state index in [0.29, 0.717) is 0 Å². The lowest BCUT2D eigenvalue weighted by molar-refractivity contribution is 0.364. The third kappa shape index (κ3) is 3.59. The molecule has 1 saturated heterocycles. The lowest BCUT2D eigenvalue weighted by Crippen LogP contribution is -2.33. The van der Waals surface area contributed by atoms with Crippen molar-refractivity contribution in [2.24, 2.45) is 10.7 Å². The lowest BCUT2D eigenvalue weighted by atomic mass is 10.0. The van der Waals surface area contributed by atoms with E-state index in [0.717, 1.165) is 25.2 Å². The Morgan fingerprint density at radius 3 is 2.54 bits per heavy atom. The van der Waals surface area contributed by atoms with Gasteiger partial charge in [0.05, 0.1) is 0 Å². The van der Waals surface area contributed by atoms with Gasteiger partial charge in [-0.1, -0.05) is 13.8 Å². The highest BCUT2D eigenvalue weighted by Gasteiger charge is 2.15. The first-order valence-electron chi connectivity index (χ1n) is 4.83. The van der Waals surface area contributed by atoms with Crippen LogP contribution in [-0.2, 0) is 0 Å². The quantitative estimate of drug-likeness (QED) is 0.614. The van der Waals surface area contributed by atoms with Crippen molar-refractivity contribution in [1.29, 1.82) is 0 Å². The standard InChI is InChI=1S/C8H15N3.C2H6/c1-10-8-3-4-11(2)6-7(8)5-9;1-2/h5H,3-4,6,9H2,1-2H3;1-2H3/b7-5-,10-8?;. The number of rotatable bonds is 0. The summed E-state index contributed by atoms with van der Waals surface area (Å²) in [6.07, 6.45) is 2.69. The van der Waals surface area contributed by atoms with Crippen molar-refractivity contribution in [2.75, 3.05) is 27.2 Å². The fraction of sp³-hybridized carbons (Fsp3) is 0.700. The number of nitrogens with two attached hydrogens (primary N) is 1. The van der Waals surface area contributed by atoms with Crippen LogP contribution in [0.25, 0.3) is 0 Å². The van der Waals surface area contributed by atoms with Crippen LogP contribution >= 0.6 is 0 Å². The minimum Gasteiger partial charge on any atom is -0.404 e. The Labute approximate surface area is 81.3 Å². The van der Waals surface area contributed by atoms with Crippen LogP contribution in [0.15, 0.2) is 16.8 Å². The van der Waals surface area contributed by atoms with E-state index in [4.69, 9.17) is 5.73 Å². The molecule has 1 aliphatic heterocycles. The predicted octanol–water partition coefficient (Wildman–Crippen LogP) is 1.26. The molecule has 0 aromatic heterocycles. The van der Waals surface area contributed by atoms with E-state index in [1.165, 1.54) is 5.57 Å². The van der Waals surface area contributed by atoms with Crippen LogP contribution in [0.4, 0.5) is 0 Å². The molecule has 3 nitrogen and oxygen atoms in total. The number of nitrogens with zero attached hydrogens (tertiary/aromatic N) is 2. The summed E-state index contributed by atoms with van der Waals surface area (Å²) in [5.41, 5.74) is 7.79. The van der Waals surface area contributed by atoms with E-state index >= 15 is 0 Å². The number of hydrogen-bond acceptors (Lipinski definition) is 3. The summed E-state index contributed by atoms with van der Waals surface area (Å²) < 4.78 is 0. The summed E-state index contributed by atoms with van der Waals surface area (Å²) in [5, 5.41) is 0. The second-order valence-corrected chi connectivity index (χ2v) is 2.85. The van der Waals surface area contributed by atoms with Crippen LogP contribution in [0.5, 0.6) is 0 Å². The fourth-order valence-electron chi connectivity index (χ4n) is 1.32. The molecular formula is C10H21N3. The van der Waals surface area contributed by atoms with Gasteiger partial charge in [-0.2, -0.15) is 0 Å². The highest BCUT2D eigenvalue weighted by atomic mass is 15.1. The van der Waals surface area contributed by atoms with Gasteiger partial charge in [0, 0.05) is 44.0 Å². The van der Waals surface area contributed by atoms with E-state index in [1.54, 1.807) is 6.20 Å². The molecule has 13 heavy (non-hydrogen) atoms. The molecule has 76 valence electrons. The smallest absolute Gasteiger partial charge is 0.0416 e. The van der Waals surface area contributed by atoms with Crippen LogP contribution in [0.2, 0.25) is 0 Å². The van der Waals surface area contributed by atoms with Gasteiger partial charge in [0.15, 0.2) is 0 Å². The summed E-state index contributed by atoms with van der Waals surface area (Å²) in [7, 11) is 3.92. The monoisotopic (exact) mass is 183 g/mol. The molecule has 1 fully saturated rings. The number of likely N-dealkylation sites (tertiary alicyclic amines) is 1. The number of piperidine rings is 1. The molecule has 0 atom stereocenters. The van der Waals surface area contributed by atoms with Crippen molar-refractivity contribution in [3.63, 3.8) is 0 Å². The summed E-state index contributed by atoms with van der Waals surface area (Å²) in [4.78, 5) is 6.42. The highest BCUT2D eigenvalue weighted by molar-refractivity contribution is 6.01. The predicted molar refractivity (Wildman–Crippen MR) is 59.1 cm³/mol. The number of aliphatic imine (C=N–C) groups is 1. The third-order valence-corrected chi connectivity index (χ3v) is 2.01. The molecule has 0 spiro atoms. The Morgan fingerprint density at radius 2 is 2.08 bits per heavy atom. The first-order valence-corrected chi connectivity index (χ1v) is 4.83. The van der Waals surface area contributed by atoms with Crippen LogP contribution in [-0.4, -0.2) is 37.8 Å². The van der Waals surface area contributed by atoms with Crippen LogP contribution in [0.1, 0.15) is 20.3 Å². The average Bonchev–Trinajstić information content (AvgIpc) is 2.20.